The molecule has 0 aromatic heterocycles. The number of amides is 1. The van der Waals surface area contributed by atoms with E-state index >= 15 is 0 Å². The van der Waals surface area contributed by atoms with Gasteiger partial charge >= 0.3 is 5.97 Å². The van der Waals surface area contributed by atoms with Crippen LogP contribution in [0, 0.1) is 5.82 Å². The molecule has 1 N–H and O–H groups in total. The minimum absolute atomic E-state index is 0.0106. The number of methoxy groups -OCH3 is 1. The molecular formula is C23H18Cl2FNO6S. The van der Waals surface area contributed by atoms with E-state index in [4.69, 9.17) is 27.9 Å². The molecule has 0 unspecified atom stereocenters. The summed E-state index contributed by atoms with van der Waals surface area (Å²) in [5.41, 5.74) is 0.708. The van der Waals surface area contributed by atoms with Gasteiger partial charge in [-0.05, 0) is 42.0 Å². The van der Waals surface area contributed by atoms with E-state index < -0.39 is 27.5 Å². The van der Waals surface area contributed by atoms with Gasteiger partial charge in [0.1, 0.15) is 11.6 Å². The van der Waals surface area contributed by atoms with E-state index in [0.29, 0.717) is 5.56 Å². The van der Waals surface area contributed by atoms with Crippen LogP contribution in [-0.2, 0) is 25.8 Å². The maximum Gasteiger partial charge on any atom is 0.338 e. The zero-order chi connectivity index (χ0) is 25.0. The normalized spacial score (nSPS) is 11.1. The summed E-state index contributed by atoms with van der Waals surface area (Å²) in [6, 6.07) is 12.1. The molecule has 178 valence electrons. The van der Waals surface area contributed by atoms with Crippen LogP contribution in [0.4, 0.5) is 10.1 Å². The number of rotatable bonds is 7. The molecule has 11 heteroatoms. The van der Waals surface area contributed by atoms with Crippen LogP contribution < -0.4 is 10.1 Å². The van der Waals surface area contributed by atoms with E-state index in [1.165, 1.54) is 30.3 Å². The second-order valence-electron chi connectivity index (χ2n) is 7.18. The third-order valence-electron chi connectivity index (χ3n) is 4.49. The number of esters is 1. The van der Waals surface area contributed by atoms with E-state index in [1.807, 2.05) is 0 Å². The van der Waals surface area contributed by atoms with Crippen molar-refractivity contribution in [1.29, 1.82) is 0 Å². The van der Waals surface area contributed by atoms with E-state index in [0.717, 1.165) is 25.5 Å². The lowest BCUT2D eigenvalue weighted by atomic mass is 10.1. The topological polar surface area (TPSA) is 98.8 Å². The van der Waals surface area contributed by atoms with Crippen LogP contribution in [0.15, 0.2) is 59.5 Å². The first kappa shape index (κ1) is 25.5. The van der Waals surface area contributed by atoms with Crippen LogP contribution in [0.3, 0.4) is 0 Å². The third kappa shape index (κ3) is 6.47. The van der Waals surface area contributed by atoms with Gasteiger partial charge in [0.2, 0.25) is 5.91 Å². The summed E-state index contributed by atoms with van der Waals surface area (Å²) >= 11 is 12.5. The monoisotopic (exact) mass is 525 g/mol. The number of hydrogen-bond donors (Lipinski definition) is 1. The number of halogens is 3. The first-order chi connectivity index (χ1) is 16.0. The van der Waals surface area contributed by atoms with Crippen LogP contribution in [0.25, 0.3) is 0 Å². The average Bonchev–Trinajstić information content (AvgIpc) is 2.75. The van der Waals surface area contributed by atoms with E-state index in [2.05, 4.69) is 10.1 Å². The molecule has 0 aliphatic carbocycles. The highest BCUT2D eigenvalue weighted by Gasteiger charge is 2.16. The summed E-state index contributed by atoms with van der Waals surface area (Å²) in [4.78, 5) is 24.2. The minimum atomic E-state index is -3.40. The summed E-state index contributed by atoms with van der Waals surface area (Å²) < 4.78 is 47.4. The summed E-state index contributed by atoms with van der Waals surface area (Å²) in [7, 11) is -2.24. The quantitative estimate of drug-likeness (QED) is 0.420. The molecular weight excluding hydrogens is 508 g/mol. The Balaban J connectivity index is 1.77. The van der Waals surface area contributed by atoms with Gasteiger partial charge in [-0.15, -0.1) is 0 Å². The molecule has 34 heavy (non-hydrogen) atoms. The van der Waals surface area contributed by atoms with Crippen molar-refractivity contribution in [3.8, 4) is 11.5 Å². The number of sulfone groups is 1. The standard InChI is InChI=1S/C23H18Cl2FNO6S/c1-32-23(29)14-8-15(26)10-17(9-14)33-22-19(24)11-16(12-20(22)25)27-21(28)7-13-4-3-5-18(6-13)34(2,30)31/h3-6,8-12H,7H2,1-2H3,(H,27,28). The highest BCUT2D eigenvalue weighted by atomic mass is 35.5. The average molecular weight is 526 g/mol. The maximum atomic E-state index is 13.9. The van der Waals surface area contributed by atoms with Crippen molar-refractivity contribution in [2.24, 2.45) is 0 Å². The Morgan fingerprint density at radius 1 is 1.03 bits per heavy atom. The zero-order valence-corrected chi connectivity index (χ0v) is 20.2. The van der Waals surface area contributed by atoms with Crippen molar-refractivity contribution in [3.05, 3.63) is 81.6 Å². The smallest absolute Gasteiger partial charge is 0.338 e. The fraction of sp³-hybridized carbons (Fsp3) is 0.130. The van der Waals surface area contributed by atoms with Crippen LogP contribution >= 0.6 is 23.2 Å². The fourth-order valence-electron chi connectivity index (χ4n) is 2.98. The number of carbonyl (C=O) groups excluding carboxylic acids is 2. The molecule has 3 rings (SSSR count). The second kappa shape index (κ2) is 10.4. The highest BCUT2D eigenvalue weighted by Crippen LogP contribution is 2.39. The number of ether oxygens (including phenoxy) is 2. The molecule has 0 saturated carbocycles. The maximum absolute atomic E-state index is 13.9. The van der Waals surface area contributed by atoms with Crippen molar-refractivity contribution in [3.63, 3.8) is 0 Å². The van der Waals surface area contributed by atoms with Crippen LogP contribution in [0.2, 0.25) is 10.0 Å². The molecule has 0 radical (unpaired) electrons. The largest absolute Gasteiger partial charge is 0.465 e. The molecule has 1 amide bonds. The first-order valence-corrected chi connectivity index (χ1v) is 12.3. The summed E-state index contributed by atoms with van der Waals surface area (Å²) in [5, 5.41) is 2.67. The molecule has 0 bridgehead atoms. The van der Waals surface area contributed by atoms with Gasteiger partial charge in [0.15, 0.2) is 15.6 Å². The van der Waals surface area contributed by atoms with Gasteiger partial charge in [-0.2, -0.15) is 0 Å². The zero-order valence-electron chi connectivity index (χ0n) is 17.9. The van der Waals surface area contributed by atoms with Gasteiger partial charge in [0.05, 0.1) is 34.0 Å². The molecule has 0 aliphatic heterocycles. The van der Waals surface area contributed by atoms with Crippen molar-refractivity contribution in [2.45, 2.75) is 11.3 Å². The van der Waals surface area contributed by atoms with Crippen molar-refractivity contribution in [1.82, 2.24) is 0 Å². The Kier molecular flexibility index (Phi) is 7.81. The van der Waals surface area contributed by atoms with Crippen molar-refractivity contribution >= 4 is 50.6 Å². The molecule has 0 spiro atoms. The molecule has 7 nitrogen and oxygen atoms in total. The third-order valence-corrected chi connectivity index (χ3v) is 6.16. The van der Waals surface area contributed by atoms with E-state index in [1.54, 1.807) is 12.1 Å². The number of anilines is 1. The first-order valence-electron chi connectivity index (χ1n) is 9.61. The van der Waals surface area contributed by atoms with Gasteiger partial charge in [0.25, 0.3) is 0 Å². The second-order valence-corrected chi connectivity index (χ2v) is 10.0. The molecule has 3 aromatic rings. The van der Waals surface area contributed by atoms with Gasteiger partial charge in [-0.3, -0.25) is 4.79 Å². The van der Waals surface area contributed by atoms with Gasteiger partial charge in [-0.1, -0.05) is 35.3 Å². The van der Waals surface area contributed by atoms with Gasteiger partial charge in [0, 0.05) is 18.0 Å². The Morgan fingerprint density at radius 2 is 1.71 bits per heavy atom. The number of benzene rings is 3. The van der Waals surface area contributed by atoms with E-state index in [9.17, 15) is 22.4 Å². The van der Waals surface area contributed by atoms with Gasteiger partial charge < -0.3 is 14.8 Å². The SMILES string of the molecule is COC(=O)c1cc(F)cc(Oc2c(Cl)cc(NC(=O)Cc3cccc(S(C)(=O)=O)c3)cc2Cl)c1. The van der Waals surface area contributed by atoms with Crippen molar-refractivity contribution < 1.29 is 31.9 Å². The Hall–Kier alpha value is -3.14. The lowest BCUT2D eigenvalue weighted by Crippen LogP contribution is -2.14. The number of hydrogen-bond acceptors (Lipinski definition) is 6. The molecule has 0 fully saturated rings. The summed E-state index contributed by atoms with van der Waals surface area (Å²) in [6.45, 7) is 0. The highest BCUT2D eigenvalue weighted by molar-refractivity contribution is 7.90. The Bertz CT molecular complexity index is 1350. The van der Waals surface area contributed by atoms with Crippen LogP contribution in [0.5, 0.6) is 11.5 Å². The fourth-order valence-corrected chi connectivity index (χ4v) is 4.24. The predicted molar refractivity (Wildman–Crippen MR) is 126 cm³/mol. The molecule has 3 aromatic carbocycles. The molecule has 0 aliphatic rings. The summed E-state index contributed by atoms with van der Waals surface area (Å²) in [5.74, 6) is -1.95. The minimum Gasteiger partial charge on any atom is -0.465 e. The van der Waals surface area contributed by atoms with Gasteiger partial charge in [-0.25, -0.2) is 17.6 Å². The Labute approximate surface area is 205 Å². The van der Waals surface area contributed by atoms with Crippen molar-refractivity contribution in [2.75, 3.05) is 18.7 Å². The summed E-state index contributed by atoms with van der Waals surface area (Å²) in [6.07, 6.45) is 0.996. The van der Waals surface area contributed by atoms with E-state index in [-0.39, 0.29) is 44.1 Å². The van der Waals surface area contributed by atoms with Crippen LogP contribution in [-0.4, -0.2) is 33.7 Å². The molecule has 0 heterocycles. The lowest BCUT2D eigenvalue weighted by Gasteiger charge is -2.13. The number of carbonyl (C=O) groups is 2. The number of nitrogens with one attached hydrogen (secondary N) is 1. The molecule has 0 saturated heterocycles. The Morgan fingerprint density at radius 3 is 2.32 bits per heavy atom. The predicted octanol–water partition coefficient (Wildman–Crippen LogP) is 5.30. The van der Waals surface area contributed by atoms with Crippen LogP contribution in [0.1, 0.15) is 15.9 Å². The lowest BCUT2D eigenvalue weighted by molar-refractivity contribution is -0.115. The molecule has 0 atom stereocenters.